The molecule has 1 aliphatic carbocycles. The normalized spacial score (nSPS) is 24.4. The number of hydrogen-bond acceptors (Lipinski definition) is 5. The molecule has 0 spiro atoms. The van der Waals surface area contributed by atoms with Crippen molar-refractivity contribution in [3.8, 4) is 0 Å². The number of ether oxygens (including phenoxy) is 3. The summed E-state index contributed by atoms with van der Waals surface area (Å²) in [6.07, 6.45) is 4.99. The number of amides is 2. The van der Waals surface area contributed by atoms with Crippen molar-refractivity contribution in [3.63, 3.8) is 0 Å². The Kier molecular flexibility index (Phi) is 7.89. The lowest BCUT2D eigenvalue weighted by atomic mass is 9.82. The van der Waals surface area contributed by atoms with Crippen LogP contribution >= 0.6 is 0 Å². The highest BCUT2D eigenvalue weighted by Crippen LogP contribution is 2.35. The van der Waals surface area contributed by atoms with Gasteiger partial charge in [-0.3, -0.25) is 9.69 Å². The number of hydrogen-bond donors (Lipinski definition) is 1. The molecule has 1 saturated heterocycles. The van der Waals surface area contributed by atoms with Gasteiger partial charge < -0.3 is 19.5 Å². The first-order valence-corrected chi connectivity index (χ1v) is 10.5. The van der Waals surface area contributed by atoms with Crippen LogP contribution in [0.1, 0.15) is 50.5 Å². The van der Waals surface area contributed by atoms with E-state index in [0.717, 1.165) is 37.8 Å². The van der Waals surface area contributed by atoms with Crippen molar-refractivity contribution in [2.45, 2.75) is 57.2 Å². The van der Waals surface area contributed by atoms with Crippen molar-refractivity contribution in [1.29, 1.82) is 0 Å². The minimum absolute atomic E-state index is 0.00736. The molecule has 7 nitrogen and oxygen atoms in total. The number of methoxy groups -OCH3 is 1. The molecule has 1 saturated carbocycles. The molecule has 1 aliphatic heterocycles. The standard InChI is InChI=1S/C22H32N2O5/c1-16(25)23-12-3-13-28-20-10-6-18(7-11-20)17-4-8-19(9-5-17)24-14-21(15-27-2)29-22(24)26/h4-5,8-9,18,20-21H,3,6-7,10-15H2,1-2H3,(H,23,25). The fourth-order valence-corrected chi connectivity index (χ4v) is 4.08. The average Bonchev–Trinajstić information content (AvgIpc) is 3.08. The van der Waals surface area contributed by atoms with Gasteiger partial charge in [-0.15, -0.1) is 0 Å². The molecule has 29 heavy (non-hydrogen) atoms. The molecule has 0 radical (unpaired) electrons. The number of benzene rings is 1. The Hall–Kier alpha value is -2.12. The van der Waals surface area contributed by atoms with Gasteiger partial charge in [-0.25, -0.2) is 4.79 Å². The minimum Gasteiger partial charge on any atom is -0.441 e. The summed E-state index contributed by atoms with van der Waals surface area (Å²) in [6, 6.07) is 8.28. The van der Waals surface area contributed by atoms with Crippen LogP contribution in [-0.2, 0) is 19.0 Å². The molecule has 2 amide bonds. The molecule has 1 aromatic rings. The molecule has 7 heteroatoms. The molecule has 160 valence electrons. The maximum Gasteiger partial charge on any atom is 0.414 e. The van der Waals surface area contributed by atoms with E-state index in [0.29, 0.717) is 38.3 Å². The van der Waals surface area contributed by atoms with Crippen LogP contribution in [0.25, 0.3) is 0 Å². The zero-order chi connectivity index (χ0) is 20.6. The Morgan fingerprint density at radius 2 is 1.93 bits per heavy atom. The SMILES string of the molecule is COCC1CN(c2ccc(C3CCC(OCCCNC(C)=O)CC3)cc2)C(=O)O1. The summed E-state index contributed by atoms with van der Waals surface area (Å²) in [5.74, 6) is 0.544. The second-order valence-electron chi connectivity index (χ2n) is 7.84. The number of anilines is 1. The minimum atomic E-state index is -0.309. The zero-order valence-electron chi connectivity index (χ0n) is 17.4. The van der Waals surface area contributed by atoms with Crippen LogP contribution in [0, 0.1) is 0 Å². The first-order valence-electron chi connectivity index (χ1n) is 10.5. The third kappa shape index (κ3) is 6.18. The van der Waals surface area contributed by atoms with Gasteiger partial charge in [0.15, 0.2) is 0 Å². The van der Waals surface area contributed by atoms with Crippen molar-refractivity contribution >= 4 is 17.7 Å². The number of carbonyl (C=O) groups is 2. The van der Waals surface area contributed by atoms with Crippen molar-refractivity contribution in [2.75, 3.05) is 38.3 Å². The second-order valence-corrected chi connectivity index (χ2v) is 7.84. The first-order chi connectivity index (χ1) is 14.1. The number of carbonyl (C=O) groups excluding carboxylic acids is 2. The van der Waals surface area contributed by atoms with E-state index in [1.165, 1.54) is 12.5 Å². The van der Waals surface area contributed by atoms with E-state index in [-0.39, 0.29) is 18.1 Å². The van der Waals surface area contributed by atoms with Gasteiger partial charge in [0.2, 0.25) is 5.91 Å². The van der Waals surface area contributed by atoms with Gasteiger partial charge in [-0.05, 0) is 55.7 Å². The maximum atomic E-state index is 12.1. The first kappa shape index (κ1) is 21.6. The molecular formula is C22H32N2O5. The van der Waals surface area contributed by atoms with Crippen LogP contribution in [0.4, 0.5) is 10.5 Å². The van der Waals surface area contributed by atoms with Crippen LogP contribution in [-0.4, -0.2) is 57.6 Å². The van der Waals surface area contributed by atoms with Crippen molar-refractivity contribution in [1.82, 2.24) is 5.32 Å². The van der Waals surface area contributed by atoms with Crippen LogP contribution in [0.15, 0.2) is 24.3 Å². The van der Waals surface area contributed by atoms with E-state index in [2.05, 4.69) is 17.4 Å². The topological polar surface area (TPSA) is 77.1 Å². The zero-order valence-corrected chi connectivity index (χ0v) is 17.4. The second kappa shape index (κ2) is 10.6. The molecule has 1 heterocycles. The van der Waals surface area contributed by atoms with E-state index >= 15 is 0 Å². The molecule has 2 fully saturated rings. The van der Waals surface area contributed by atoms with Crippen LogP contribution in [0.2, 0.25) is 0 Å². The van der Waals surface area contributed by atoms with Gasteiger partial charge in [0.25, 0.3) is 0 Å². The fourth-order valence-electron chi connectivity index (χ4n) is 4.08. The number of cyclic esters (lactones) is 1. The number of nitrogens with zero attached hydrogens (tertiary/aromatic N) is 1. The van der Waals surface area contributed by atoms with E-state index in [9.17, 15) is 9.59 Å². The van der Waals surface area contributed by atoms with Crippen LogP contribution < -0.4 is 10.2 Å². The number of nitrogens with one attached hydrogen (secondary N) is 1. The fraction of sp³-hybridized carbons (Fsp3) is 0.636. The predicted octanol–water partition coefficient (Wildman–Crippen LogP) is 3.23. The summed E-state index contributed by atoms with van der Waals surface area (Å²) in [7, 11) is 1.61. The Balaban J connectivity index is 1.42. The molecule has 0 bridgehead atoms. The van der Waals surface area contributed by atoms with Gasteiger partial charge in [-0.1, -0.05) is 12.1 Å². The van der Waals surface area contributed by atoms with Crippen LogP contribution in [0.3, 0.4) is 0 Å². The summed E-state index contributed by atoms with van der Waals surface area (Å²) in [4.78, 5) is 24.6. The van der Waals surface area contributed by atoms with Gasteiger partial charge >= 0.3 is 6.09 Å². The molecule has 1 N–H and O–H groups in total. The predicted molar refractivity (Wildman–Crippen MR) is 110 cm³/mol. The quantitative estimate of drug-likeness (QED) is 0.640. The van der Waals surface area contributed by atoms with E-state index in [1.54, 1.807) is 12.0 Å². The summed E-state index contributed by atoms with van der Waals surface area (Å²) in [5.41, 5.74) is 2.19. The highest BCUT2D eigenvalue weighted by molar-refractivity contribution is 5.89. The maximum absolute atomic E-state index is 12.1. The molecule has 2 aliphatic rings. The Bertz CT molecular complexity index is 670. The summed E-state index contributed by atoms with van der Waals surface area (Å²) in [5, 5.41) is 2.79. The van der Waals surface area contributed by atoms with Crippen molar-refractivity contribution in [3.05, 3.63) is 29.8 Å². The van der Waals surface area contributed by atoms with E-state index in [4.69, 9.17) is 14.2 Å². The largest absolute Gasteiger partial charge is 0.441 e. The summed E-state index contributed by atoms with van der Waals surface area (Å²) in [6.45, 7) is 3.84. The molecule has 1 atom stereocenters. The summed E-state index contributed by atoms with van der Waals surface area (Å²) >= 11 is 0. The lowest BCUT2D eigenvalue weighted by Crippen LogP contribution is -2.26. The average molecular weight is 405 g/mol. The van der Waals surface area contributed by atoms with Crippen LogP contribution in [0.5, 0.6) is 0 Å². The number of rotatable bonds is 9. The monoisotopic (exact) mass is 404 g/mol. The molecule has 1 unspecified atom stereocenters. The third-order valence-corrected chi connectivity index (χ3v) is 5.63. The Morgan fingerprint density at radius 3 is 2.59 bits per heavy atom. The Labute approximate surface area is 172 Å². The molecule has 3 rings (SSSR count). The van der Waals surface area contributed by atoms with Gasteiger partial charge in [0, 0.05) is 32.9 Å². The summed E-state index contributed by atoms with van der Waals surface area (Å²) < 4.78 is 16.4. The van der Waals surface area contributed by atoms with E-state index in [1.807, 2.05) is 12.1 Å². The molecular weight excluding hydrogens is 372 g/mol. The highest BCUT2D eigenvalue weighted by atomic mass is 16.6. The molecule has 0 aromatic heterocycles. The van der Waals surface area contributed by atoms with Crippen molar-refractivity contribution in [2.24, 2.45) is 0 Å². The molecule has 1 aromatic carbocycles. The van der Waals surface area contributed by atoms with Gasteiger partial charge in [0.1, 0.15) is 6.10 Å². The smallest absolute Gasteiger partial charge is 0.414 e. The lowest BCUT2D eigenvalue weighted by Gasteiger charge is -2.29. The van der Waals surface area contributed by atoms with E-state index < -0.39 is 0 Å². The Morgan fingerprint density at radius 1 is 1.21 bits per heavy atom. The third-order valence-electron chi connectivity index (χ3n) is 5.63. The van der Waals surface area contributed by atoms with Gasteiger partial charge in [0.05, 0.1) is 19.3 Å². The lowest BCUT2D eigenvalue weighted by molar-refractivity contribution is -0.119. The van der Waals surface area contributed by atoms with Crippen molar-refractivity contribution < 1.29 is 23.8 Å². The highest BCUT2D eigenvalue weighted by Gasteiger charge is 2.32. The van der Waals surface area contributed by atoms with Gasteiger partial charge in [-0.2, -0.15) is 0 Å².